The highest BCUT2D eigenvalue weighted by Gasteiger charge is 2.17. The zero-order valence-corrected chi connectivity index (χ0v) is 11.5. The Hall–Kier alpha value is -0.860. The van der Waals surface area contributed by atoms with E-state index in [-0.39, 0.29) is 11.6 Å². The maximum atomic E-state index is 5.25. The van der Waals surface area contributed by atoms with Crippen LogP contribution in [0.1, 0.15) is 32.8 Å². The van der Waals surface area contributed by atoms with E-state index in [0.717, 1.165) is 19.4 Å². The van der Waals surface area contributed by atoms with E-state index in [1.165, 1.54) is 5.56 Å². The summed E-state index contributed by atoms with van der Waals surface area (Å²) in [7, 11) is 1.75. The first-order chi connectivity index (χ1) is 8.03. The SMILES string of the molecule is COC(C)CNC(C)(C)CCc1ccccc1. The molecule has 0 saturated carbocycles. The minimum Gasteiger partial charge on any atom is -0.380 e. The fourth-order valence-corrected chi connectivity index (χ4v) is 1.69. The second-order valence-electron chi connectivity index (χ2n) is 5.30. The number of rotatable bonds is 7. The molecule has 0 aliphatic heterocycles. The van der Waals surface area contributed by atoms with E-state index < -0.39 is 0 Å². The van der Waals surface area contributed by atoms with Gasteiger partial charge in [0.2, 0.25) is 0 Å². The molecule has 1 N–H and O–H groups in total. The van der Waals surface area contributed by atoms with Crippen molar-refractivity contribution in [3.63, 3.8) is 0 Å². The van der Waals surface area contributed by atoms with E-state index >= 15 is 0 Å². The van der Waals surface area contributed by atoms with Crippen molar-refractivity contribution >= 4 is 0 Å². The van der Waals surface area contributed by atoms with E-state index in [1.54, 1.807) is 7.11 Å². The maximum Gasteiger partial charge on any atom is 0.0667 e. The quantitative estimate of drug-likeness (QED) is 0.784. The van der Waals surface area contributed by atoms with Gasteiger partial charge < -0.3 is 10.1 Å². The lowest BCUT2D eigenvalue weighted by molar-refractivity contribution is 0.108. The molecule has 1 atom stereocenters. The van der Waals surface area contributed by atoms with Crippen molar-refractivity contribution in [2.45, 2.75) is 45.3 Å². The molecule has 0 aromatic heterocycles. The first-order valence-electron chi connectivity index (χ1n) is 6.35. The van der Waals surface area contributed by atoms with Gasteiger partial charge in [-0.15, -0.1) is 0 Å². The van der Waals surface area contributed by atoms with Crippen molar-refractivity contribution in [3.05, 3.63) is 35.9 Å². The Morgan fingerprint density at radius 1 is 1.24 bits per heavy atom. The number of aryl methyl sites for hydroxylation is 1. The van der Waals surface area contributed by atoms with Gasteiger partial charge in [-0.3, -0.25) is 0 Å². The van der Waals surface area contributed by atoms with Gasteiger partial charge >= 0.3 is 0 Å². The lowest BCUT2D eigenvalue weighted by Gasteiger charge is -2.28. The van der Waals surface area contributed by atoms with Crippen molar-refractivity contribution in [2.24, 2.45) is 0 Å². The predicted molar refractivity (Wildman–Crippen MR) is 73.3 cm³/mol. The normalized spacial score (nSPS) is 13.6. The topological polar surface area (TPSA) is 21.3 Å². The van der Waals surface area contributed by atoms with Crippen LogP contribution in [-0.4, -0.2) is 25.3 Å². The van der Waals surface area contributed by atoms with Crippen LogP contribution in [0.3, 0.4) is 0 Å². The monoisotopic (exact) mass is 235 g/mol. The van der Waals surface area contributed by atoms with Gasteiger partial charge in [0.15, 0.2) is 0 Å². The lowest BCUT2D eigenvalue weighted by Crippen LogP contribution is -2.43. The molecule has 0 radical (unpaired) electrons. The number of ether oxygens (including phenoxy) is 1. The Balaban J connectivity index is 2.34. The van der Waals surface area contributed by atoms with Gasteiger partial charge in [-0.2, -0.15) is 0 Å². The summed E-state index contributed by atoms with van der Waals surface area (Å²) in [5.74, 6) is 0. The Morgan fingerprint density at radius 3 is 2.47 bits per heavy atom. The summed E-state index contributed by atoms with van der Waals surface area (Å²) in [5, 5.41) is 3.55. The van der Waals surface area contributed by atoms with Crippen molar-refractivity contribution in [1.82, 2.24) is 5.32 Å². The summed E-state index contributed by atoms with van der Waals surface area (Å²) < 4.78 is 5.25. The highest BCUT2D eigenvalue weighted by Crippen LogP contribution is 2.13. The molecule has 0 saturated heterocycles. The molecule has 0 fully saturated rings. The molecule has 0 aliphatic carbocycles. The van der Waals surface area contributed by atoms with E-state index in [1.807, 2.05) is 0 Å². The highest BCUT2D eigenvalue weighted by molar-refractivity contribution is 5.15. The fourth-order valence-electron chi connectivity index (χ4n) is 1.69. The van der Waals surface area contributed by atoms with Gasteiger partial charge in [-0.25, -0.2) is 0 Å². The highest BCUT2D eigenvalue weighted by atomic mass is 16.5. The van der Waals surface area contributed by atoms with E-state index in [0.29, 0.717) is 0 Å². The molecule has 1 rings (SSSR count). The van der Waals surface area contributed by atoms with Crippen LogP contribution in [0.25, 0.3) is 0 Å². The number of methoxy groups -OCH3 is 1. The minimum absolute atomic E-state index is 0.155. The van der Waals surface area contributed by atoms with Crippen LogP contribution in [0.5, 0.6) is 0 Å². The molecule has 0 spiro atoms. The summed E-state index contributed by atoms with van der Waals surface area (Å²) in [6, 6.07) is 10.6. The standard InChI is InChI=1S/C15H25NO/c1-13(17-4)12-16-15(2,3)11-10-14-8-6-5-7-9-14/h5-9,13,16H,10-12H2,1-4H3. The number of benzene rings is 1. The van der Waals surface area contributed by atoms with E-state index in [2.05, 4.69) is 56.4 Å². The van der Waals surface area contributed by atoms with Gasteiger partial charge in [0.1, 0.15) is 0 Å². The van der Waals surface area contributed by atoms with Crippen LogP contribution in [0.15, 0.2) is 30.3 Å². The molecule has 17 heavy (non-hydrogen) atoms. The molecule has 0 aliphatic rings. The molecular formula is C15H25NO. The second-order valence-corrected chi connectivity index (χ2v) is 5.30. The number of nitrogens with one attached hydrogen (secondary N) is 1. The van der Waals surface area contributed by atoms with Crippen LogP contribution < -0.4 is 5.32 Å². The first-order valence-corrected chi connectivity index (χ1v) is 6.35. The van der Waals surface area contributed by atoms with Crippen LogP contribution >= 0.6 is 0 Å². The average Bonchev–Trinajstić information content (AvgIpc) is 2.35. The van der Waals surface area contributed by atoms with Gasteiger partial charge in [0.05, 0.1) is 6.10 Å². The Morgan fingerprint density at radius 2 is 1.88 bits per heavy atom. The fraction of sp³-hybridized carbons (Fsp3) is 0.600. The van der Waals surface area contributed by atoms with Crippen molar-refractivity contribution in [1.29, 1.82) is 0 Å². The molecule has 96 valence electrons. The van der Waals surface area contributed by atoms with Crippen LogP contribution in [-0.2, 0) is 11.2 Å². The summed E-state index contributed by atoms with van der Waals surface area (Å²) in [5.41, 5.74) is 1.56. The zero-order chi connectivity index (χ0) is 12.7. The zero-order valence-electron chi connectivity index (χ0n) is 11.5. The Bertz CT molecular complexity index is 308. The molecule has 1 unspecified atom stereocenters. The summed E-state index contributed by atoms with van der Waals surface area (Å²) in [4.78, 5) is 0. The second kappa shape index (κ2) is 6.77. The third-order valence-electron chi connectivity index (χ3n) is 3.15. The predicted octanol–water partition coefficient (Wildman–Crippen LogP) is 3.02. The van der Waals surface area contributed by atoms with Gasteiger partial charge in [-0.1, -0.05) is 30.3 Å². The average molecular weight is 235 g/mol. The molecule has 0 bridgehead atoms. The van der Waals surface area contributed by atoms with Crippen LogP contribution in [0, 0.1) is 0 Å². The minimum atomic E-state index is 0.155. The Kier molecular flexibility index (Phi) is 5.66. The third kappa shape index (κ3) is 5.85. The molecule has 0 heterocycles. The van der Waals surface area contributed by atoms with Crippen molar-refractivity contribution in [3.8, 4) is 0 Å². The number of hydrogen-bond donors (Lipinski definition) is 1. The van der Waals surface area contributed by atoms with Crippen LogP contribution in [0.4, 0.5) is 0 Å². The molecule has 2 nitrogen and oxygen atoms in total. The molecule has 1 aromatic rings. The van der Waals surface area contributed by atoms with Gasteiger partial charge in [0, 0.05) is 19.2 Å². The Labute approximate surface area is 105 Å². The molecule has 2 heteroatoms. The van der Waals surface area contributed by atoms with E-state index in [4.69, 9.17) is 4.74 Å². The van der Waals surface area contributed by atoms with Crippen molar-refractivity contribution < 1.29 is 4.74 Å². The van der Waals surface area contributed by atoms with E-state index in [9.17, 15) is 0 Å². The largest absolute Gasteiger partial charge is 0.380 e. The molecule has 1 aromatic carbocycles. The van der Waals surface area contributed by atoms with Crippen LogP contribution in [0.2, 0.25) is 0 Å². The van der Waals surface area contributed by atoms with Gasteiger partial charge in [-0.05, 0) is 39.2 Å². The number of hydrogen-bond acceptors (Lipinski definition) is 2. The summed E-state index contributed by atoms with van der Waals surface area (Å²) >= 11 is 0. The molecule has 0 amide bonds. The summed E-state index contributed by atoms with van der Waals surface area (Å²) in [6.07, 6.45) is 2.52. The lowest BCUT2D eigenvalue weighted by atomic mass is 9.95. The third-order valence-corrected chi connectivity index (χ3v) is 3.15. The maximum absolute atomic E-state index is 5.25. The smallest absolute Gasteiger partial charge is 0.0667 e. The van der Waals surface area contributed by atoms with Gasteiger partial charge in [0.25, 0.3) is 0 Å². The summed E-state index contributed by atoms with van der Waals surface area (Å²) in [6.45, 7) is 7.48. The van der Waals surface area contributed by atoms with Crippen molar-refractivity contribution in [2.75, 3.05) is 13.7 Å². The first kappa shape index (κ1) is 14.2. The molecular weight excluding hydrogens is 210 g/mol.